The molecule has 1 aromatic rings. The lowest BCUT2D eigenvalue weighted by Crippen LogP contribution is -2.44. The minimum atomic E-state index is -1.95. The summed E-state index contributed by atoms with van der Waals surface area (Å²) in [6.45, 7) is 14.1. The first kappa shape index (κ1) is 23.0. The normalized spacial score (nSPS) is 26.1. The molecule has 1 aromatic carbocycles. The Kier molecular flexibility index (Phi) is 6.74. The molecule has 0 bridgehead atoms. The van der Waals surface area contributed by atoms with E-state index in [9.17, 15) is 4.79 Å². The van der Waals surface area contributed by atoms with E-state index in [1.807, 2.05) is 30.3 Å². The van der Waals surface area contributed by atoms with E-state index in [1.54, 1.807) is 6.92 Å². The van der Waals surface area contributed by atoms with Crippen LogP contribution in [0.3, 0.4) is 0 Å². The second-order valence-corrected chi connectivity index (χ2v) is 14.6. The first-order valence-electron chi connectivity index (χ1n) is 10.8. The van der Waals surface area contributed by atoms with Gasteiger partial charge >= 0.3 is 5.97 Å². The Labute approximate surface area is 181 Å². The van der Waals surface area contributed by atoms with Crippen LogP contribution in [0.25, 0.3) is 0 Å². The summed E-state index contributed by atoms with van der Waals surface area (Å²) in [4.78, 5) is 18.4. The molecule has 2 aliphatic rings. The molecule has 3 atom stereocenters. The van der Waals surface area contributed by atoms with Crippen molar-refractivity contribution in [1.82, 2.24) is 0 Å². The summed E-state index contributed by atoms with van der Waals surface area (Å²) in [5.41, 5.74) is 0.785. The maximum atomic E-state index is 12.5. The van der Waals surface area contributed by atoms with Gasteiger partial charge in [0.1, 0.15) is 0 Å². The average molecular weight is 434 g/mol. The van der Waals surface area contributed by atoms with E-state index in [1.165, 1.54) is 0 Å². The van der Waals surface area contributed by atoms with E-state index >= 15 is 0 Å². The number of oxime groups is 1. The van der Waals surface area contributed by atoms with Crippen LogP contribution in [0.2, 0.25) is 18.1 Å². The molecule has 0 radical (unpaired) electrons. The molecule has 0 aromatic heterocycles. The van der Waals surface area contributed by atoms with E-state index in [2.05, 4.69) is 39.0 Å². The fraction of sp³-hybridized carbons (Fsp3) is 0.652. The smallest absolute Gasteiger partial charge is 0.356 e. The van der Waals surface area contributed by atoms with Crippen molar-refractivity contribution in [3.8, 4) is 0 Å². The lowest BCUT2D eigenvalue weighted by Gasteiger charge is -2.38. The lowest BCUT2D eigenvalue weighted by molar-refractivity contribution is -0.135. The molecule has 0 saturated heterocycles. The number of hydrogen-bond donors (Lipinski definition) is 0. The Morgan fingerprint density at radius 3 is 2.60 bits per heavy atom. The van der Waals surface area contributed by atoms with Gasteiger partial charge in [-0.25, -0.2) is 4.79 Å². The van der Waals surface area contributed by atoms with Gasteiger partial charge in [-0.3, -0.25) is 0 Å². The summed E-state index contributed by atoms with van der Waals surface area (Å²) in [5, 5.41) is 4.25. The van der Waals surface area contributed by atoms with Crippen molar-refractivity contribution < 1.29 is 23.5 Å². The predicted molar refractivity (Wildman–Crippen MR) is 119 cm³/mol. The van der Waals surface area contributed by atoms with Crippen molar-refractivity contribution in [2.45, 2.75) is 77.0 Å². The first-order chi connectivity index (χ1) is 14.1. The number of hydrogen-bond acceptors (Lipinski definition) is 6. The zero-order valence-electron chi connectivity index (χ0n) is 19.1. The Morgan fingerprint density at radius 2 is 1.97 bits per heavy atom. The summed E-state index contributed by atoms with van der Waals surface area (Å²) in [6, 6.07) is 10.0. The van der Waals surface area contributed by atoms with Gasteiger partial charge in [-0.2, -0.15) is 0 Å². The second-order valence-electron chi connectivity index (χ2n) is 9.82. The molecule has 30 heavy (non-hydrogen) atoms. The molecule has 1 saturated carbocycles. The Morgan fingerprint density at radius 1 is 1.27 bits per heavy atom. The van der Waals surface area contributed by atoms with Crippen LogP contribution in [-0.2, 0) is 30.1 Å². The zero-order valence-corrected chi connectivity index (χ0v) is 20.1. The fourth-order valence-corrected chi connectivity index (χ4v) is 5.29. The van der Waals surface area contributed by atoms with Gasteiger partial charge in [0.15, 0.2) is 19.6 Å². The van der Waals surface area contributed by atoms with Gasteiger partial charge in [0.2, 0.25) is 0 Å². The molecular weight excluding hydrogens is 398 g/mol. The monoisotopic (exact) mass is 433 g/mol. The third-order valence-electron chi connectivity index (χ3n) is 6.57. The van der Waals surface area contributed by atoms with Crippen molar-refractivity contribution >= 4 is 20.0 Å². The maximum absolute atomic E-state index is 12.5. The van der Waals surface area contributed by atoms with Crippen molar-refractivity contribution in [3.63, 3.8) is 0 Å². The molecule has 166 valence electrons. The number of esters is 1. The van der Waals surface area contributed by atoms with Gasteiger partial charge in [0, 0.05) is 12.5 Å². The molecule has 1 aliphatic heterocycles. The predicted octanol–water partition coefficient (Wildman–Crippen LogP) is 4.69. The molecule has 1 fully saturated rings. The van der Waals surface area contributed by atoms with Crippen molar-refractivity contribution in [3.05, 3.63) is 35.9 Å². The molecule has 0 amide bonds. The summed E-state index contributed by atoms with van der Waals surface area (Å²) < 4.78 is 17.9. The van der Waals surface area contributed by atoms with Gasteiger partial charge in [0.25, 0.3) is 0 Å². The third-order valence-corrected chi connectivity index (χ3v) is 11.1. The van der Waals surface area contributed by atoms with Crippen LogP contribution in [0.5, 0.6) is 0 Å². The van der Waals surface area contributed by atoms with Crippen LogP contribution in [0.15, 0.2) is 35.5 Å². The molecule has 6 nitrogen and oxygen atoms in total. The van der Waals surface area contributed by atoms with Crippen LogP contribution in [0.1, 0.15) is 46.1 Å². The van der Waals surface area contributed by atoms with E-state index < -0.39 is 19.9 Å². The highest BCUT2D eigenvalue weighted by atomic mass is 28.4. The first-order valence-corrected chi connectivity index (χ1v) is 13.7. The van der Waals surface area contributed by atoms with E-state index in [-0.39, 0.29) is 17.1 Å². The quantitative estimate of drug-likeness (QED) is 0.439. The fourth-order valence-electron chi connectivity index (χ4n) is 3.92. The summed E-state index contributed by atoms with van der Waals surface area (Å²) >= 11 is 0. The molecular formula is C23H35NO5Si. The third kappa shape index (κ3) is 4.79. The molecule has 3 rings (SSSR count). The zero-order chi connectivity index (χ0) is 22.0. The van der Waals surface area contributed by atoms with Gasteiger partial charge in [-0.05, 0) is 37.0 Å². The van der Waals surface area contributed by atoms with Crippen molar-refractivity contribution in [1.29, 1.82) is 0 Å². The summed E-state index contributed by atoms with van der Waals surface area (Å²) in [7, 11) is -1.95. The highest BCUT2D eigenvalue weighted by Gasteiger charge is 2.59. The van der Waals surface area contributed by atoms with E-state index in [4.69, 9.17) is 18.7 Å². The molecule has 0 unspecified atom stereocenters. The molecule has 1 aliphatic carbocycles. The second kappa shape index (κ2) is 8.81. The average Bonchev–Trinajstić information content (AvgIpc) is 3.16. The van der Waals surface area contributed by atoms with E-state index in [0.29, 0.717) is 38.4 Å². The largest absolute Gasteiger partial charge is 0.461 e. The number of carbonyl (C=O) groups excluding carboxylic acids is 1. The van der Waals surface area contributed by atoms with Gasteiger partial charge in [0.05, 0.1) is 25.7 Å². The van der Waals surface area contributed by atoms with E-state index in [0.717, 1.165) is 5.56 Å². The van der Waals surface area contributed by atoms with Crippen LogP contribution < -0.4 is 0 Å². The van der Waals surface area contributed by atoms with Gasteiger partial charge < -0.3 is 18.7 Å². The Bertz CT molecular complexity index is 774. The van der Waals surface area contributed by atoms with Crippen molar-refractivity contribution in [2.24, 2.45) is 11.1 Å². The SMILES string of the molecule is CCOC(=O)C1=NO[C@]2(COCc3ccccc3)C[C@@H](O[Si](C)(C)C(C)(C)C)C[C@H]12. The summed E-state index contributed by atoms with van der Waals surface area (Å²) in [5.74, 6) is -0.581. The van der Waals surface area contributed by atoms with Gasteiger partial charge in [-0.1, -0.05) is 56.3 Å². The molecule has 1 heterocycles. The number of nitrogens with zero attached hydrogens (tertiary/aromatic N) is 1. The Hall–Kier alpha value is -1.70. The molecule has 7 heteroatoms. The number of fused-ring (bicyclic) bond motifs is 1. The molecule has 0 spiro atoms. The van der Waals surface area contributed by atoms with Crippen LogP contribution in [0, 0.1) is 5.92 Å². The van der Waals surface area contributed by atoms with Crippen LogP contribution in [-0.4, -0.2) is 44.9 Å². The minimum Gasteiger partial charge on any atom is -0.461 e. The number of benzene rings is 1. The summed E-state index contributed by atoms with van der Waals surface area (Å²) in [6.07, 6.45) is 1.36. The van der Waals surface area contributed by atoms with Gasteiger partial charge in [-0.15, -0.1) is 0 Å². The lowest BCUT2D eigenvalue weighted by atomic mass is 9.88. The van der Waals surface area contributed by atoms with Crippen LogP contribution >= 0.6 is 0 Å². The topological polar surface area (TPSA) is 66.4 Å². The highest BCUT2D eigenvalue weighted by Crippen LogP contribution is 2.48. The number of ether oxygens (including phenoxy) is 2. The standard InChI is InChI=1S/C23H35NO5Si/c1-7-27-21(25)20-19-13-18(28-30(5,6)22(2,3)4)14-23(19,29-24-20)16-26-15-17-11-9-8-10-12-17/h8-12,18-19H,7,13-16H2,1-6H3/t18-,19+,23-/m0/s1. The maximum Gasteiger partial charge on any atom is 0.356 e. The van der Waals surface area contributed by atoms with Crippen molar-refractivity contribution in [2.75, 3.05) is 13.2 Å². The number of rotatable bonds is 8. The van der Waals surface area contributed by atoms with Crippen LogP contribution in [0.4, 0.5) is 0 Å². The number of carbonyl (C=O) groups is 1. The Balaban J connectivity index is 1.73. The molecule has 0 N–H and O–H groups in total. The minimum absolute atomic E-state index is 0.0103. The highest BCUT2D eigenvalue weighted by molar-refractivity contribution is 6.74.